The summed E-state index contributed by atoms with van der Waals surface area (Å²) in [5.74, 6) is 0.636. The lowest BCUT2D eigenvalue weighted by molar-refractivity contribution is -0.116. The molecule has 1 fully saturated rings. The molecular weight excluding hydrogens is 350 g/mol. The summed E-state index contributed by atoms with van der Waals surface area (Å²) < 4.78 is 21.8. The lowest BCUT2D eigenvalue weighted by atomic mass is 9.99. The van der Waals surface area contributed by atoms with Gasteiger partial charge in [0.25, 0.3) is 0 Å². The number of carbonyl (C=O) groups is 1. The molecule has 26 heavy (non-hydrogen) atoms. The van der Waals surface area contributed by atoms with Gasteiger partial charge in [0, 0.05) is 12.1 Å². The highest BCUT2D eigenvalue weighted by Crippen LogP contribution is 2.08. The van der Waals surface area contributed by atoms with E-state index >= 15 is 0 Å². The summed E-state index contributed by atoms with van der Waals surface area (Å²) in [7, 11) is -2.18. The van der Waals surface area contributed by atoms with Crippen molar-refractivity contribution < 1.29 is 13.2 Å². The van der Waals surface area contributed by atoms with Crippen LogP contribution in [0.3, 0.4) is 0 Å². The summed E-state index contributed by atoms with van der Waals surface area (Å²) in [5, 5.41) is 6.02. The first-order valence-corrected chi connectivity index (χ1v) is 10.3. The molecule has 0 unspecified atom stereocenters. The van der Waals surface area contributed by atoms with Crippen molar-refractivity contribution in [2.45, 2.75) is 45.4 Å². The molecule has 1 heterocycles. The monoisotopic (exact) mass is 381 g/mol. The summed E-state index contributed by atoms with van der Waals surface area (Å²) in [5.41, 5.74) is 6.20. The van der Waals surface area contributed by atoms with Crippen molar-refractivity contribution >= 4 is 26.8 Å². The molecule has 0 saturated carbocycles. The van der Waals surface area contributed by atoms with Gasteiger partial charge in [-0.3, -0.25) is 4.79 Å². The molecule has 1 aromatic rings. The fourth-order valence-corrected chi connectivity index (χ4v) is 3.33. The van der Waals surface area contributed by atoms with Gasteiger partial charge in [-0.25, -0.2) is 0 Å². The van der Waals surface area contributed by atoms with E-state index in [4.69, 9.17) is 5.73 Å². The van der Waals surface area contributed by atoms with Gasteiger partial charge in [0.05, 0.1) is 4.86 Å². The van der Waals surface area contributed by atoms with Crippen molar-refractivity contribution in [3.05, 3.63) is 30.3 Å². The average molecular weight is 382 g/mol. The van der Waals surface area contributed by atoms with Crippen LogP contribution < -0.4 is 16.4 Å². The molecule has 1 aliphatic heterocycles. The Balaban J connectivity index is 0.000000350. The molecule has 0 aliphatic carbocycles. The van der Waals surface area contributed by atoms with Crippen molar-refractivity contribution in [3.8, 4) is 0 Å². The maximum Gasteiger partial charge on any atom is 0.224 e. The van der Waals surface area contributed by atoms with Crippen LogP contribution in [0.15, 0.2) is 30.3 Å². The van der Waals surface area contributed by atoms with Crippen molar-refractivity contribution in [2.75, 3.05) is 25.0 Å². The van der Waals surface area contributed by atoms with E-state index < -0.39 is 10.3 Å². The third-order valence-corrected chi connectivity index (χ3v) is 5.12. The number of amides is 1. The average Bonchev–Trinajstić information content (AvgIpc) is 2.67. The highest BCUT2D eigenvalue weighted by Gasteiger charge is 2.09. The number of carbonyl (C=O) groups excluding carboxylic acids is 1. The zero-order valence-electron chi connectivity index (χ0n) is 15.5. The molecule has 0 bridgehead atoms. The lowest BCUT2D eigenvalue weighted by Gasteiger charge is -2.20. The highest BCUT2D eigenvalue weighted by atomic mass is 32.2. The van der Waals surface area contributed by atoms with Gasteiger partial charge in [-0.05, 0) is 63.4 Å². The Bertz CT molecular complexity index is 646. The zero-order valence-corrected chi connectivity index (χ0v) is 16.4. The molecule has 1 aromatic carbocycles. The summed E-state index contributed by atoms with van der Waals surface area (Å²) in [6.45, 7) is 5.13. The van der Waals surface area contributed by atoms with Crippen LogP contribution >= 0.6 is 0 Å². The molecule has 4 N–H and O–H groups in total. The predicted molar refractivity (Wildman–Crippen MR) is 108 cm³/mol. The number of hydrogen-bond acceptors (Lipinski definition) is 5. The summed E-state index contributed by atoms with van der Waals surface area (Å²) in [6, 6.07) is 9.11. The molecule has 7 heteroatoms. The van der Waals surface area contributed by atoms with Crippen LogP contribution in [-0.4, -0.2) is 38.8 Å². The van der Waals surface area contributed by atoms with Crippen LogP contribution in [0.1, 0.15) is 45.4 Å². The molecule has 1 amide bonds. The Kier molecular flexibility index (Phi) is 11.6. The van der Waals surface area contributed by atoms with Gasteiger partial charge in [0.15, 0.2) is 0 Å². The Morgan fingerprint density at radius 2 is 1.81 bits per heavy atom. The zero-order chi connectivity index (χ0) is 19.2. The molecule has 6 nitrogen and oxygen atoms in total. The fraction of sp³-hybridized carbons (Fsp3) is 0.579. The number of benzene rings is 1. The second kappa shape index (κ2) is 13.5. The van der Waals surface area contributed by atoms with Gasteiger partial charge in [0.2, 0.25) is 16.2 Å². The Morgan fingerprint density at radius 1 is 1.15 bits per heavy atom. The van der Waals surface area contributed by atoms with E-state index in [1.165, 1.54) is 25.9 Å². The molecule has 0 spiro atoms. The molecule has 1 aliphatic rings. The Labute approximate surface area is 158 Å². The standard InChI is InChI=1S/C13H17NO3S.C6H14N2/c1-2-6-12(18(16)17)9-10-13(15)14-11-7-4-3-5-8-11;7-5-6-1-3-8-4-2-6/h3-5,7-8H,2,6,9-10H2,1H3,(H,14,15);6,8H,1-5,7H2. The highest BCUT2D eigenvalue weighted by molar-refractivity contribution is 7.73. The van der Waals surface area contributed by atoms with E-state index in [1.54, 1.807) is 12.1 Å². The minimum Gasteiger partial charge on any atom is -0.330 e. The molecule has 2 rings (SSSR count). The summed E-state index contributed by atoms with van der Waals surface area (Å²) in [6.07, 6.45) is 4.33. The van der Waals surface area contributed by atoms with E-state index in [9.17, 15) is 13.2 Å². The molecule has 0 radical (unpaired) electrons. The van der Waals surface area contributed by atoms with E-state index in [0.29, 0.717) is 17.7 Å². The first kappa shape index (κ1) is 22.3. The first-order chi connectivity index (χ1) is 12.6. The number of nitrogens with one attached hydrogen (secondary N) is 2. The number of piperidine rings is 1. The molecular formula is C19H31N3O3S. The normalized spacial score (nSPS) is 14.1. The minimum absolute atomic E-state index is 0.166. The van der Waals surface area contributed by atoms with Gasteiger partial charge in [-0.2, -0.15) is 8.42 Å². The van der Waals surface area contributed by atoms with Crippen molar-refractivity contribution in [3.63, 3.8) is 0 Å². The van der Waals surface area contributed by atoms with Crippen molar-refractivity contribution in [2.24, 2.45) is 11.7 Å². The summed E-state index contributed by atoms with van der Waals surface area (Å²) >= 11 is 0. The predicted octanol–water partition coefficient (Wildman–Crippen LogP) is 2.20. The van der Waals surface area contributed by atoms with Crippen LogP contribution in [0.5, 0.6) is 0 Å². The lowest BCUT2D eigenvalue weighted by Crippen LogP contribution is -2.31. The largest absolute Gasteiger partial charge is 0.330 e. The summed E-state index contributed by atoms with van der Waals surface area (Å²) in [4.78, 5) is 12.0. The smallest absolute Gasteiger partial charge is 0.224 e. The van der Waals surface area contributed by atoms with Crippen molar-refractivity contribution in [1.82, 2.24) is 5.32 Å². The number of hydrogen-bond donors (Lipinski definition) is 3. The van der Waals surface area contributed by atoms with E-state index in [0.717, 1.165) is 24.6 Å². The maximum atomic E-state index is 11.6. The molecule has 0 aromatic heterocycles. The quantitative estimate of drug-likeness (QED) is 0.629. The third-order valence-electron chi connectivity index (χ3n) is 4.25. The van der Waals surface area contributed by atoms with Crippen molar-refractivity contribution in [1.29, 1.82) is 0 Å². The minimum atomic E-state index is -2.18. The van der Waals surface area contributed by atoms with Crippen LogP contribution in [0, 0.1) is 5.92 Å². The second-order valence-corrected chi connectivity index (χ2v) is 7.41. The molecule has 0 atom stereocenters. The van der Waals surface area contributed by atoms with Crippen LogP contribution in [0.2, 0.25) is 0 Å². The second-order valence-electron chi connectivity index (χ2n) is 6.37. The fourth-order valence-electron chi connectivity index (χ4n) is 2.69. The first-order valence-electron chi connectivity index (χ1n) is 9.26. The Hall–Kier alpha value is -1.70. The van der Waals surface area contributed by atoms with Gasteiger partial charge in [-0.15, -0.1) is 0 Å². The molecule has 146 valence electrons. The van der Waals surface area contributed by atoms with Crippen LogP contribution in [-0.2, 0) is 15.1 Å². The SMILES string of the molecule is CCCC(CCC(=O)Nc1ccccc1)=S(=O)=O.NCC1CCNCC1. The van der Waals surface area contributed by atoms with Crippen LogP contribution in [0.25, 0.3) is 0 Å². The number of rotatable bonds is 7. The van der Waals surface area contributed by atoms with E-state index in [1.807, 2.05) is 25.1 Å². The van der Waals surface area contributed by atoms with Gasteiger partial charge in [0.1, 0.15) is 0 Å². The number of nitrogens with two attached hydrogens (primary N) is 1. The Morgan fingerprint density at radius 3 is 2.31 bits per heavy atom. The van der Waals surface area contributed by atoms with Crippen LogP contribution in [0.4, 0.5) is 5.69 Å². The van der Waals surface area contributed by atoms with E-state index in [-0.39, 0.29) is 12.3 Å². The molecule has 1 saturated heterocycles. The van der Waals surface area contributed by atoms with Gasteiger partial charge in [-0.1, -0.05) is 31.5 Å². The maximum absolute atomic E-state index is 11.6. The number of para-hydroxylation sites is 1. The third kappa shape index (κ3) is 9.70. The van der Waals surface area contributed by atoms with Gasteiger partial charge >= 0.3 is 0 Å². The topological polar surface area (TPSA) is 101 Å². The number of anilines is 1. The van der Waals surface area contributed by atoms with Gasteiger partial charge < -0.3 is 16.4 Å². The van der Waals surface area contributed by atoms with E-state index in [2.05, 4.69) is 10.6 Å².